The van der Waals surface area contributed by atoms with Crippen LogP contribution < -0.4 is 16.4 Å². The first kappa shape index (κ1) is 18.4. The highest BCUT2D eigenvalue weighted by Crippen LogP contribution is 2.01. The summed E-state index contributed by atoms with van der Waals surface area (Å²) >= 11 is 0. The minimum Gasteiger partial charge on any atom is -0.355 e. The highest BCUT2D eigenvalue weighted by atomic mass is 35.5. The van der Waals surface area contributed by atoms with Crippen molar-refractivity contribution in [1.82, 2.24) is 10.6 Å². The zero-order valence-electron chi connectivity index (χ0n) is 11.6. The third-order valence-electron chi connectivity index (χ3n) is 2.63. The van der Waals surface area contributed by atoms with E-state index in [9.17, 15) is 9.59 Å². The number of nitrogens with two attached hydrogens (primary N) is 1. The van der Waals surface area contributed by atoms with Gasteiger partial charge in [-0.2, -0.15) is 0 Å². The van der Waals surface area contributed by atoms with Crippen LogP contribution in [-0.2, 0) is 16.0 Å². The second-order valence-corrected chi connectivity index (χ2v) is 4.36. The molecule has 0 radical (unpaired) electrons. The quantitative estimate of drug-likeness (QED) is 0.690. The molecule has 0 aliphatic carbocycles. The third-order valence-corrected chi connectivity index (χ3v) is 2.63. The third kappa shape index (κ3) is 7.11. The van der Waals surface area contributed by atoms with E-state index in [1.54, 1.807) is 0 Å². The second kappa shape index (κ2) is 10.2. The molecule has 0 aliphatic heterocycles. The Labute approximate surface area is 125 Å². The van der Waals surface area contributed by atoms with Gasteiger partial charge in [0.15, 0.2) is 0 Å². The average Bonchev–Trinajstić information content (AvgIpc) is 2.43. The molecule has 2 amide bonds. The van der Waals surface area contributed by atoms with Crippen molar-refractivity contribution in [2.45, 2.75) is 25.8 Å². The maximum atomic E-state index is 11.7. The molecule has 0 aromatic heterocycles. The van der Waals surface area contributed by atoms with Crippen LogP contribution >= 0.6 is 12.4 Å². The lowest BCUT2D eigenvalue weighted by Crippen LogP contribution is -2.45. The number of hydrogen-bond acceptors (Lipinski definition) is 3. The molecule has 1 atom stereocenters. The van der Waals surface area contributed by atoms with Gasteiger partial charge in [0.25, 0.3) is 0 Å². The minimum absolute atomic E-state index is 0. The van der Waals surface area contributed by atoms with E-state index < -0.39 is 6.04 Å². The summed E-state index contributed by atoms with van der Waals surface area (Å²) in [6.07, 6.45) is 1.33. The Morgan fingerprint density at radius 1 is 1.20 bits per heavy atom. The van der Waals surface area contributed by atoms with Gasteiger partial charge >= 0.3 is 0 Å². The summed E-state index contributed by atoms with van der Waals surface area (Å²) in [5.74, 6) is -0.502. The van der Waals surface area contributed by atoms with Crippen LogP contribution in [0, 0.1) is 0 Å². The van der Waals surface area contributed by atoms with Crippen LogP contribution in [0.15, 0.2) is 30.3 Å². The molecule has 1 rings (SSSR count). The molecule has 0 fully saturated rings. The summed E-state index contributed by atoms with van der Waals surface area (Å²) < 4.78 is 0. The van der Waals surface area contributed by atoms with Gasteiger partial charge in [0.2, 0.25) is 11.8 Å². The van der Waals surface area contributed by atoms with Crippen molar-refractivity contribution in [1.29, 1.82) is 0 Å². The van der Waals surface area contributed by atoms with E-state index in [1.807, 2.05) is 37.3 Å². The molecule has 0 unspecified atom stereocenters. The molecule has 6 heteroatoms. The van der Waals surface area contributed by atoms with E-state index in [2.05, 4.69) is 10.6 Å². The van der Waals surface area contributed by atoms with Crippen molar-refractivity contribution in [2.24, 2.45) is 5.73 Å². The molecule has 0 bridgehead atoms. The molecule has 4 N–H and O–H groups in total. The highest BCUT2D eigenvalue weighted by Gasteiger charge is 2.14. The van der Waals surface area contributed by atoms with Gasteiger partial charge in [-0.25, -0.2) is 0 Å². The van der Waals surface area contributed by atoms with E-state index in [-0.39, 0.29) is 30.8 Å². The molecule has 0 saturated carbocycles. The molecular weight excluding hydrogens is 278 g/mol. The number of hydrogen-bond donors (Lipinski definition) is 3. The standard InChI is InChI=1S/C14H21N3O2.ClH/c1-2-8-16-13(18)10-17-14(19)12(15)9-11-6-4-3-5-7-11;/h3-7,12H,2,8-10,15H2,1H3,(H,16,18)(H,17,19);1H/t12-;/m0./s1. The van der Waals surface area contributed by atoms with Crippen LogP contribution in [0.25, 0.3) is 0 Å². The highest BCUT2D eigenvalue weighted by molar-refractivity contribution is 5.87. The first-order chi connectivity index (χ1) is 9.13. The Bertz CT molecular complexity index is 412. The molecule has 0 aliphatic rings. The summed E-state index contributed by atoms with van der Waals surface area (Å²) in [5, 5.41) is 5.22. The van der Waals surface area contributed by atoms with Crippen LogP contribution in [0.3, 0.4) is 0 Å². The van der Waals surface area contributed by atoms with Crippen LogP contribution in [0.4, 0.5) is 0 Å². The summed E-state index contributed by atoms with van der Waals surface area (Å²) in [5.41, 5.74) is 6.79. The maximum Gasteiger partial charge on any atom is 0.239 e. The fourth-order valence-corrected chi connectivity index (χ4v) is 1.59. The fourth-order valence-electron chi connectivity index (χ4n) is 1.59. The molecule has 1 aromatic rings. The lowest BCUT2D eigenvalue weighted by molar-refractivity contribution is -0.126. The summed E-state index contributed by atoms with van der Waals surface area (Å²) in [7, 11) is 0. The first-order valence-corrected chi connectivity index (χ1v) is 6.47. The predicted molar refractivity (Wildman–Crippen MR) is 81.7 cm³/mol. The van der Waals surface area contributed by atoms with Gasteiger partial charge in [-0.3, -0.25) is 9.59 Å². The number of nitrogens with one attached hydrogen (secondary N) is 2. The Kier molecular flexibility index (Phi) is 9.41. The Morgan fingerprint density at radius 2 is 1.85 bits per heavy atom. The topological polar surface area (TPSA) is 84.2 Å². The molecule has 0 heterocycles. The molecule has 1 aromatic carbocycles. The Hall–Kier alpha value is -1.59. The van der Waals surface area contributed by atoms with Gasteiger partial charge in [-0.05, 0) is 18.4 Å². The van der Waals surface area contributed by atoms with Crippen molar-refractivity contribution in [3.8, 4) is 0 Å². The van der Waals surface area contributed by atoms with E-state index in [4.69, 9.17) is 5.73 Å². The zero-order valence-corrected chi connectivity index (χ0v) is 12.4. The lowest BCUT2D eigenvalue weighted by atomic mass is 10.1. The van der Waals surface area contributed by atoms with Gasteiger partial charge in [0, 0.05) is 6.54 Å². The molecular formula is C14H22ClN3O2. The van der Waals surface area contributed by atoms with Crippen molar-refractivity contribution in [3.05, 3.63) is 35.9 Å². The number of benzene rings is 1. The minimum atomic E-state index is -0.638. The summed E-state index contributed by atoms with van der Waals surface area (Å²) in [6, 6.07) is 8.91. The van der Waals surface area contributed by atoms with E-state index in [0.717, 1.165) is 12.0 Å². The number of carbonyl (C=O) groups is 2. The molecule has 0 saturated heterocycles. The zero-order chi connectivity index (χ0) is 14.1. The van der Waals surface area contributed by atoms with Crippen molar-refractivity contribution in [2.75, 3.05) is 13.1 Å². The number of halogens is 1. The van der Waals surface area contributed by atoms with Crippen LogP contribution in [0.2, 0.25) is 0 Å². The smallest absolute Gasteiger partial charge is 0.239 e. The van der Waals surface area contributed by atoms with Gasteiger partial charge in [0.05, 0.1) is 12.6 Å². The molecule has 5 nitrogen and oxygen atoms in total. The van der Waals surface area contributed by atoms with Gasteiger partial charge < -0.3 is 16.4 Å². The Morgan fingerprint density at radius 3 is 2.45 bits per heavy atom. The van der Waals surface area contributed by atoms with Crippen LogP contribution in [0.5, 0.6) is 0 Å². The first-order valence-electron chi connectivity index (χ1n) is 6.47. The van der Waals surface area contributed by atoms with Gasteiger partial charge in [-0.15, -0.1) is 12.4 Å². The molecule has 20 heavy (non-hydrogen) atoms. The lowest BCUT2D eigenvalue weighted by Gasteiger charge is -2.12. The number of amides is 2. The maximum absolute atomic E-state index is 11.7. The van der Waals surface area contributed by atoms with E-state index in [1.165, 1.54) is 0 Å². The van der Waals surface area contributed by atoms with Crippen molar-refractivity contribution >= 4 is 24.2 Å². The number of carbonyl (C=O) groups excluding carboxylic acids is 2. The fraction of sp³-hybridized carbons (Fsp3) is 0.429. The largest absolute Gasteiger partial charge is 0.355 e. The van der Waals surface area contributed by atoms with Gasteiger partial charge in [0.1, 0.15) is 0 Å². The number of rotatable bonds is 7. The van der Waals surface area contributed by atoms with Crippen molar-refractivity contribution in [3.63, 3.8) is 0 Å². The van der Waals surface area contributed by atoms with E-state index >= 15 is 0 Å². The van der Waals surface area contributed by atoms with Gasteiger partial charge in [-0.1, -0.05) is 37.3 Å². The van der Waals surface area contributed by atoms with E-state index in [0.29, 0.717) is 13.0 Å². The Balaban J connectivity index is 0.00000361. The summed E-state index contributed by atoms with van der Waals surface area (Å²) in [4.78, 5) is 23.0. The van der Waals surface area contributed by atoms with Crippen molar-refractivity contribution < 1.29 is 9.59 Å². The average molecular weight is 300 g/mol. The monoisotopic (exact) mass is 299 g/mol. The second-order valence-electron chi connectivity index (χ2n) is 4.36. The molecule has 0 spiro atoms. The SMILES string of the molecule is CCCNC(=O)CNC(=O)[C@@H](N)Cc1ccccc1.Cl. The predicted octanol–water partition coefficient (Wildman–Crippen LogP) is 0.621. The van der Waals surface area contributed by atoms with Crippen LogP contribution in [-0.4, -0.2) is 30.9 Å². The summed E-state index contributed by atoms with van der Waals surface area (Å²) in [6.45, 7) is 2.56. The molecule has 112 valence electrons. The van der Waals surface area contributed by atoms with Crippen LogP contribution in [0.1, 0.15) is 18.9 Å². The normalized spacial score (nSPS) is 11.1.